The predicted octanol–water partition coefficient (Wildman–Crippen LogP) is 4.23. The Bertz CT molecular complexity index is 755. The number of ether oxygens (including phenoxy) is 1. The van der Waals surface area contributed by atoms with Gasteiger partial charge in [0.1, 0.15) is 11.9 Å². The van der Waals surface area contributed by atoms with Gasteiger partial charge in [-0.2, -0.15) is 0 Å². The van der Waals surface area contributed by atoms with Crippen molar-refractivity contribution >= 4 is 11.6 Å². The van der Waals surface area contributed by atoms with Gasteiger partial charge in [0, 0.05) is 17.8 Å². The summed E-state index contributed by atoms with van der Waals surface area (Å²) in [6.45, 7) is 8.24. The number of nitrogens with one attached hydrogen (secondary N) is 1. The van der Waals surface area contributed by atoms with Crippen LogP contribution in [0.1, 0.15) is 35.9 Å². The van der Waals surface area contributed by atoms with Crippen molar-refractivity contribution in [2.45, 2.75) is 26.1 Å². The van der Waals surface area contributed by atoms with Gasteiger partial charge in [-0.05, 0) is 32.0 Å². The quantitative estimate of drug-likeness (QED) is 0.838. The van der Waals surface area contributed by atoms with E-state index < -0.39 is 0 Å². The second kappa shape index (κ2) is 6.79. The van der Waals surface area contributed by atoms with Crippen LogP contribution in [-0.2, 0) is 0 Å². The van der Waals surface area contributed by atoms with E-state index in [2.05, 4.69) is 11.9 Å². The van der Waals surface area contributed by atoms with Crippen LogP contribution in [0, 0.1) is 0 Å². The highest BCUT2D eigenvalue weighted by Crippen LogP contribution is 2.36. The molecule has 1 aliphatic heterocycles. The third kappa shape index (κ3) is 3.00. The van der Waals surface area contributed by atoms with E-state index in [1.165, 1.54) is 0 Å². The monoisotopic (exact) mass is 322 g/mol. The molecule has 0 aromatic heterocycles. The van der Waals surface area contributed by atoms with Gasteiger partial charge in [0.2, 0.25) is 0 Å². The summed E-state index contributed by atoms with van der Waals surface area (Å²) in [7, 11) is 0. The fourth-order valence-electron chi connectivity index (χ4n) is 2.93. The van der Waals surface area contributed by atoms with Gasteiger partial charge in [0.25, 0.3) is 5.91 Å². The van der Waals surface area contributed by atoms with Gasteiger partial charge in [0.15, 0.2) is 0 Å². The number of hydrogen-bond donors (Lipinski definition) is 1. The predicted molar refractivity (Wildman–Crippen MR) is 96.2 cm³/mol. The van der Waals surface area contributed by atoms with Crippen LogP contribution in [0.2, 0.25) is 0 Å². The molecule has 1 atom stereocenters. The molecule has 0 radical (unpaired) electrons. The second-order valence-electron chi connectivity index (χ2n) is 6.04. The fraction of sp³-hybridized carbons (Fsp3) is 0.250. The van der Waals surface area contributed by atoms with Gasteiger partial charge in [-0.25, -0.2) is 0 Å². The van der Waals surface area contributed by atoms with Crippen LogP contribution in [0.3, 0.4) is 0 Å². The smallest absolute Gasteiger partial charge is 0.258 e. The minimum atomic E-state index is -0.291. The Hall–Kier alpha value is -2.75. The summed E-state index contributed by atoms with van der Waals surface area (Å²) in [5.41, 5.74) is 2.46. The van der Waals surface area contributed by atoms with Gasteiger partial charge in [-0.1, -0.05) is 36.4 Å². The molecule has 0 bridgehead atoms. The van der Waals surface area contributed by atoms with Crippen molar-refractivity contribution in [2.75, 3.05) is 11.9 Å². The number of amides is 1. The molecule has 0 saturated carbocycles. The summed E-state index contributed by atoms with van der Waals surface area (Å²) in [5, 5.41) is 3.47. The van der Waals surface area contributed by atoms with Gasteiger partial charge in [-0.3, -0.25) is 4.79 Å². The molecule has 0 aliphatic carbocycles. The molecule has 2 aromatic carbocycles. The molecule has 2 aromatic rings. The largest absolute Gasteiger partial charge is 0.491 e. The molecule has 0 spiro atoms. The fourth-order valence-corrected chi connectivity index (χ4v) is 2.93. The lowest BCUT2D eigenvalue weighted by Crippen LogP contribution is -2.43. The molecule has 24 heavy (non-hydrogen) atoms. The third-order valence-corrected chi connectivity index (χ3v) is 3.92. The van der Waals surface area contributed by atoms with E-state index in [-0.39, 0.29) is 18.2 Å². The molecule has 4 heteroatoms. The Morgan fingerprint density at radius 2 is 1.92 bits per heavy atom. The molecule has 0 saturated heterocycles. The van der Waals surface area contributed by atoms with E-state index in [4.69, 9.17) is 4.74 Å². The Kier molecular flexibility index (Phi) is 4.56. The average molecular weight is 322 g/mol. The normalized spacial score (nSPS) is 16.5. The summed E-state index contributed by atoms with van der Waals surface area (Å²) in [6, 6.07) is 15.4. The highest BCUT2D eigenvalue weighted by atomic mass is 16.5. The van der Waals surface area contributed by atoms with Crippen LogP contribution in [0.4, 0.5) is 5.69 Å². The number of hydrogen-bond acceptors (Lipinski definition) is 3. The van der Waals surface area contributed by atoms with Gasteiger partial charge in [0.05, 0.1) is 11.7 Å². The molecular weight excluding hydrogens is 300 g/mol. The maximum Gasteiger partial charge on any atom is 0.258 e. The molecule has 1 aliphatic rings. The highest BCUT2D eigenvalue weighted by molar-refractivity contribution is 6.01. The topological polar surface area (TPSA) is 41.6 Å². The lowest BCUT2D eigenvalue weighted by molar-refractivity contribution is 0.0704. The maximum atomic E-state index is 12.9. The summed E-state index contributed by atoms with van der Waals surface area (Å²) < 4.78 is 5.94. The first-order valence-electron chi connectivity index (χ1n) is 8.15. The zero-order valence-corrected chi connectivity index (χ0v) is 14.0. The number of carbonyl (C=O) groups excluding carboxylic acids is 1. The molecule has 0 fully saturated rings. The van der Waals surface area contributed by atoms with Crippen molar-refractivity contribution in [3.63, 3.8) is 0 Å². The summed E-state index contributed by atoms with van der Waals surface area (Å²) in [5.74, 6) is 0.778. The molecule has 3 rings (SSSR count). The summed E-state index contributed by atoms with van der Waals surface area (Å²) in [6.07, 6.45) is 1.51. The first-order chi connectivity index (χ1) is 11.6. The molecule has 4 nitrogen and oxygen atoms in total. The summed E-state index contributed by atoms with van der Waals surface area (Å²) >= 11 is 0. The van der Waals surface area contributed by atoms with Crippen molar-refractivity contribution in [3.05, 3.63) is 72.3 Å². The van der Waals surface area contributed by atoms with E-state index in [0.29, 0.717) is 12.1 Å². The second-order valence-corrected chi connectivity index (χ2v) is 6.04. The first kappa shape index (κ1) is 16.1. The molecule has 124 valence electrons. The number of fused-ring (bicyclic) bond motifs is 1. The van der Waals surface area contributed by atoms with Crippen molar-refractivity contribution in [2.24, 2.45) is 0 Å². The highest BCUT2D eigenvalue weighted by Gasteiger charge is 2.33. The van der Waals surface area contributed by atoms with E-state index in [1.807, 2.05) is 62.4 Å². The first-order valence-corrected chi connectivity index (χ1v) is 8.15. The number of benzene rings is 2. The van der Waals surface area contributed by atoms with E-state index >= 15 is 0 Å². The van der Waals surface area contributed by atoms with Crippen LogP contribution in [-0.4, -0.2) is 23.5 Å². The number of nitrogens with zero attached hydrogens (tertiary/aromatic N) is 1. The molecular formula is C20H22N2O2. The SMILES string of the molecule is C=CCN1C(=O)c2ccccc2NC1c1ccccc1OC(C)C. The average Bonchev–Trinajstić information content (AvgIpc) is 2.57. The van der Waals surface area contributed by atoms with E-state index in [9.17, 15) is 4.79 Å². The van der Waals surface area contributed by atoms with Crippen LogP contribution in [0.15, 0.2) is 61.2 Å². The zero-order valence-electron chi connectivity index (χ0n) is 14.0. The Labute approximate surface area is 142 Å². The molecule has 1 heterocycles. The van der Waals surface area contributed by atoms with Gasteiger partial charge < -0.3 is 15.0 Å². The van der Waals surface area contributed by atoms with Crippen molar-refractivity contribution in [3.8, 4) is 5.75 Å². The third-order valence-electron chi connectivity index (χ3n) is 3.92. The minimum Gasteiger partial charge on any atom is -0.491 e. The van der Waals surface area contributed by atoms with Crippen LogP contribution in [0.5, 0.6) is 5.75 Å². The van der Waals surface area contributed by atoms with E-state index in [1.54, 1.807) is 11.0 Å². The molecule has 1 unspecified atom stereocenters. The Balaban J connectivity index is 2.06. The number of para-hydroxylation sites is 2. The Morgan fingerprint density at radius 1 is 1.21 bits per heavy atom. The van der Waals surface area contributed by atoms with Crippen molar-refractivity contribution in [1.29, 1.82) is 0 Å². The Morgan fingerprint density at radius 3 is 2.67 bits per heavy atom. The summed E-state index contributed by atoms with van der Waals surface area (Å²) in [4.78, 5) is 14.7. The van der Waals surface area contributed by atoms with Crippen molar-refractivity contribution < 1.29 is 9.53 Å². The lowest BCUT2D eigenvalue weighted by atomic mass is 10.0. The van der Waals surface area contributed by atoms with Crippen molar-refractivity contribution in [1.82, 2.24) is 4.90 Å². The minimum absolute atomic E-state index is 0.00593. The molecule has 1 N–H and O–H groups in total. The standard InChI is InChI=1S/C20H22N2O2/c1-4-13-22-19(16-10-6-8-12-18(16)24-14(2)3)21-17-11-7-5-9-15(17)20(22)23/h4-12,14,19,21H,1,13H2,2-3H3. The lowest BCUT2D eigenvalue weighted by Gasteiger charge is -2.38. The number of anilines is 1. The van der Waals surface area contributed by atoms with Crippen LogP contribution in [0.25, 0.3) is 0 Å². The maximum absolute atomic E-state index is 12.9. The zero-order chi connectivity index (χ0) is 17.1. The van der Waals surface area contributed by atoms with Crippen LogP contribution < -0.4 is 10.1 Å². The number of carbonyl (C=O) groups is 1. The van der Waals surface area contributed by atoms with Gasteiger partial charge in [-0.15, -0.1) is 6.58 Å². The van der Waals surface area contributed by atoms with E-state index in [0.717, 1.165) is 17.0 Å². The molecule has 1 amide bonds. The van der Waals surface area contributed by atoms with Gasteiger partial charge >= 0.3 is 0 Å². The number of rotatable bonds is 5. The van der Waals surface area contributed by atoms with Crippen LogP contribution >= 0.6 is 0 Å².